The molecule has 0 saturated carbocycles. The van der Waals surface area contributed by atoms with Gasteiger partial charge in [0.1, 0.15) is 0 Å². The lowest BCUT2D eigenvalue weighted by Crippen LogP contribution is -2.11. The normalized spacial score (nSPS) is 12.1. The van der Waals surface area contributed by atoms with E-state index in [0.717, 1.165) is 10.9 Å². The van der Waals surface area contributed by atoms with Gasteiger partial charge in [-0.2, -0.15) is 0 Å². The first-order valence-corrected chi connectivity index (χ1v) is 6.38. The predicted octanol–water partition coefficient (Wildman–Crippen LogP) is 3.80. The Bertz CT molecular complexity index is 456. The number of rotatable bonds is 4. The largest absolute Gasteiger partial charge is 0.347 e. The Kier molecular flexibility index (Phi) is 4.09. The second kappa shape index (κ2) is 5.77. The van der Waals surface area contributed by atoms with Gasteiger partial charge in [-0.15, -0.1) is 0 Å². The van der Waals surface area contributed by atoms with Gasteiger partial charge in [0, 0.05) is 16.9 Å². The van der Waals surface area contributed by atoms with Crippen molar-refractivity contribution in [2.45, 2.75) is 19.4 Å². The molecule has 3 nitrogen and oxygen atoms in total. The zero-order valence-corrected chi connectivity index (χ0v) is 11.2. The van der Waals surface area contributed by atoms with Gasteiger partial charge in [-0.05, 0) is 30.2 Å². The summed E-state index contributed by atoms with van der Waals surface area (Å²) in [4.78, 5) is 8.36. The van der Waals surface area contributed by atoms with Gasteiger partial charge in [-0.3, -0.25) is 0 Å². The number of hydrogen-bond acceptors (Lipinski definition) is 3. The molecule has 0 aliphatic carbocycles. The maximum Gasteiger partial charge on any atom is 0.223 e. The Labute approximate surface area is 109 Å². The van der Waals surface area contributed by atoms with Gasteiger partial charge in [0.15, 0.2) is 0 Å². The molecule has 0 aliphatic rings. The minimum atomic E-state index is 0.241. The number of hydrogen-bond donors (Lipinski definition) is 1. The average molecular weight is 292 g/mol. The van der Waals surface area contributed by atoms with Gasteiger partial charge >= 0.3 is 0 Å². The third-order valence-corrected chi connectivity index (χ3v) is 3.08. The first-order chi connectivity index (χ1) is 8.29. The molecule has 1 aromatic heterocycles. The van der Waals surface area contributed by atoms with E-state index in [2.05, 4.69) is 50.3 Å². The van der Waals surface area contributed by atoms with E-state index in [4.69, 9.17) is 0 Å². The molecule has 4 heteroatoms. The molecule has 88 valence electrons. The second-order valence-corrected chi connectivity index (χ2v) is 4.64. The SMILES string of the molecule is CC[C@@H](Nc1ncccn1)c1ccc(Br)cc1. The van der Waals surface area contributed by atoms with E-state index in [0.29, 0.717) is 5.95 Å². The van der Waals surface area contributed by atoms with E-state index in [1.807, 2.05) is 18.2 Å². The van der Waals surface area contributed by atoms with Crippen LogP contribution in [0.3, 0.4) is 0 Å². The van der Waals surface area contributed by atoms with Crippen LogP contribution in [0, 0.1) is 0 Å². The molecule has 0 fully saturated rings. The molecule has 0 aliphatic heterocycles. The van der Waals surface area contributed by atoms with Crippen molar-refractivity contribution < 1.29 is 0 Å². The number of aromatic nitrogens is 2. The summed E-state index contributed by atoms with van der Waals surface area (Å²) in [5.41, 5.74) is 1.24. The Morgan fingerprint density at radius 2 is 1.82 bits per heavy atom. The fourth-order valence-corrected chi connectivity index (χ4v) is 1.91. The summed E-state index contributed by atoms with van der Waals surface area (Å²) in [5, 5.41) is 3.33. The minimum absolute atomic E-state index is 0.241. The second-order valence-electron chi connectivity index (χ2n) is 3.73. The maximum atomic E-state index is 4.18. The van der Waals surface area contributed by atoms with Crippen LogP contribution in [-0.2, 0) is 0 Å². The van der Waals surface area contributed by atoms with Gasteiger partial charge in [-0.1, -0.05) is 35.0 Å². The lowest BCUT2D eigenvalue weighted by Gasteiger charge is -2.17. The molecule has 1 N–H and O–H groups in total. The summed E-state index contributed by atoms with van der Waals surface area (Å²) >= 11 is 3.44. The number of nitrogens with zero attached hydrogens (tertiary/aromatic N) is 2. The van der Waals surface area contributed by atoms with Gasteiger partial charge < -0.3 is 5.32 Å². The molecule has 2 aromatic rings. The van der Waals surface area contributed by atoms with Crippen molar-refractivity contribution in [3.05, 3.63) is 52.8 Å². The molecule has 0 spiro atoms. The van der Waals surface area contributed by atoms with E-state index in [1.165, 1.54) is 5.56 Å². The van der Waals surface area contributed by atoms with E-state index in [1.54, 1.807) is 12.4 Å². The molecule has 0 bridgehead atoms. The average Bonchev–Trinajstić information content (AvgIpc) is 2.38. The summed E-state index contributed by atoms with van der Waals surface area (Å²) in [7, 11) is 0. The molecule has 0 radical (unpaired) electrons. The highest BCUT2D eigenvalue weighted by Gasteiger charge is 2.09. The standard InChI is InChI=1S/C13H14BrN3/c1-2-12(10-4-6-11(14)7-5-10)17-13-15-8-3-9-16-13/h3-9,12H,2H2,1H3,(H,15,16,17)/t12-/m1/s1. The number of nitrogens with one attached hydrogen (secondary N) is 1. The molecule has 2 rings (SSSR count). The van der Waals surface area contributed by atoms with Crippen molar-refractivity contribution in [1.82, 2.24) is 9.97 Å². The van der Waals surface area contributed by atoms with Crippen LogP contribution < -0.4 is 5.32 Å². The van der Waals surface area contributed by atoms with Crippen LogP contribution in [-0.4, -0.2) is 9.97 Å². The lowest BCUT2D eigenvalue weighted by molar-refractivity contribution is 0.738. The van der Waals surface area contributed by atoms with Gasteiger partial charge in [0.25, 0.3) is 0 Å². The Balaban J connectivity index is 2.14. The monoisotopic (exact) mass is 291 g/mol. The summed E-state index contributed by atoms with van der Waals surface area (Å²) in [6.07, 6.45) is 4.47. The van der Waals surface area contributed by atoms with Gasteiger partial charge in [0.05, 0.1) is 6.04 Å². The van der Waals surface area contributed by atoms with Crippen molar-refractivity contribution >= 4 is 21.9 Å². The van der Waals surface area contributed by atoms with Crippen LogP contribution in [0.2, 0.25) is 0 Å². The van der Waals surface area contributed by atoms with Crippen molar-refractivity contribution in [3.8, 4) is 0 Å². The summed E-state index contributed by atoms with van der Waals surface area (Å²) in [5.74, 6) is 0.669. The number of benzene rings is 1. The minimum Gasteiger partial charge on any atom is -0.347 e. The summed E-state index contributed by atoms with van der Waals surface area (Å²) in [6.45, 7) is 2.14. The quantitative estimate of drug-likeness (QED) is 0.931. The van der Waals surface area contributed by atoms with E-state index in [-0.39, 0.29) is 6.04 Å². The molecule has 1 atom stereocenters. The van der Waals surface area contributed by atoms with Crippen molar-refractivity contribution in [2.24, 2.45) is 0 Å². The van der Waals surface area contributed by atoms with Crippen LogP contribution in [0.4, 0.5) is 5.95 Å². The summed E-state index contributed by atoms with van der Waals surface area (Å²) in [6, 6.07) is 10.4. The Hall–Kier alpha value is -1.42. The number of anilines is 1. The van der Waals surface area contributed by atoms with E-state index < -0.39 is 0 Å². The first kappa shape index (κ1) is 12.0. The van der Waals surface area contributed by atoms with Crippen LogP contribution in [0.15, 0.2) is 47.2 Å². The van der Waals surface area contributed by atoms with E-state index >= 15 is 0 Å². The molecule has 17 heavy (non-hydrogen) atoms. The first-order valence-electron chi connectivity index (χ1n) is 5.58. The lowest BCUT2D eigenvalue weighted by atomic mass is 10.1. The smallest absolute Gasteiger partial charge is 0.223 e. The zero-order chi connectivity index (χ0) is 12.1. The molecule has 0 unspecified atom stereocenters. The van der Waals surface area contributed by atoms with E-state index in [9.17, 15) is 0 Å². The molecular weight excluding hydrogens is 278 g/mol. The highest BCUT2D eigenvalue weighted by Crippen LogP contribution is 2.22. The third-order valence-electron chi connectivity index (χ3n) is 2.55. The van der Waals surface area contributed by atoms with Gasteiger partial charge in [-0.25, -0.2) is 9.97 Å². The molecule has 1 aromatic carbocycles. The van der Waals surface area contributed by atoms with Crippen LogP contribution in [0.5, 0.6) is 0 Å². The Morgan fingerprint density at radius 1 is 1.18 bits per heavy atom. The van der Waals surface area contributed by atoms with Gasteiger partial charge in [0.2, 0.25) is 5.95 Å². The molecular formula is C13H14BrN3. The van der Waals surface area contributed by atoms with Crippen molar-refractivity contribution in [2.75, 3.05) is 5.32 Å². The summed E-state index contributed by atoms with van der Waals surface area (Å²) < 4.78 is 1.09. The van der Waals surface area contributed by atoms with Crippen molar-refractivity contribution in [1.29, 1.82) is 0 Å². The Morgan fingerprint density at radius 3 is 2.41 bits per heavy atom. The van der Waals surface area contributed by atoms with Crippen LogP contribution in [0.25, 0.3) is 0 Å². The topological polar surface area (TPSA) is 37.8 Å². The fourth-order valence-electron chi connectivity index (χ4n) is 1.65. The van der Waals surface area contributed by atoms with Crippen LogP contribution in [0.1, 0.15) is 24.9 Å². The van der Waals surface area contributed by atoms with Crippen molar-refractivity contribution in [3.63, 3.8) is 0 Å². The fraction of sp³-hybridized carbons (Fsp3) is 0.231. The maximum absolute atomic E-state index is 4.18. The third kappa shape index (κ3) is 3.27. The molecule has 1 heterocycles. The highest BCUT2D eigenvalue weighted by molar-refractivity contribution is 9.10. The number of halogens is 1. The zero-order valence-electron chi connectivity index (χ0n) is 9.60. The predicted molar refractivity (Wildman–Crippen MR) is 72.8 cm³/mol. The van der Waals surface area contributed by atoms with Crippen LogP contribution >= 0.6 is 15.9 Å². The highest BCUT2D eigenvalue weighted by atomic mass is 79.9. The molecule has 0 amide bonds. The molecule has 0 saturated heterocycles.